The monoisotopic (exact) mass is 284 g/mol. The SMILES string of the molecule is CNCCCc1cccc(Br)c1NC(C)=O. The van der Waals surface area contributed by atoms with Crippen LogP contribution in [0.5, 0.6) is 0 Å². The largest absolute Gasteiger partial charge is 0.325 e. The lowest BCUT2D eigenvalue weighted by Crippen LogP contribution is -2.11. The molecule has 1 amide bonds. The molecule has 0 aliphatic heterocycles. The van der Waals surface area contributed by atoms with Gasteiger partial charge in [0.05, 0.1) is 5.69 Å². The summed E-state index contributed by atoms with van der Waals surface area (Å²) in [6, 6.07) is 5.97. The van der Waals surface area contributed by atoms with E-state index in [1.54, 1.807) is 0 Å². The number of nitrogens with one attached hydrogen (secondary N) is 2. The highest BCUT2D eigenvalue weighted by atomic mass is 79.9. The summed E-state index contributed by atoms with van der Waals surface area (Å²) in [7, 11) is 1.94. The van der Waals surface area contributed by atoms with Crippen molar-refractivity contribution in [1.29, 1.82) is 0 Å². The number of hydrogen-bond donors (Lipinski definition) is 2. The Bertz CT molecular complexity index is 366. The smallest absolute Gasteiger partial charge is 0.221 e. The van der Waals surface area contributed by atoms with Crippen LogP contribution in [0.1, 0.15) is 18.9 Å². The van der Waals surface area contributed by atoms with Crippen LogP contribution in [0.25, 0.3) is 0 Å². The van der Waals surface area contributed by atoms with Gasteiger partial charge in [0.25, 0.3) is 0 Å². The van der Waals surface area contributed by atoms with Crippen LogP contribution < -0.4 is 10.6 Å². The standard InChI is InChI=1S/C12H17BrN2O/c1-9(16)15-12-10(6-4-8-14-2)5-3-7-11(12)13/h3,5,7,14H,4,6,8H2,1-2H3,(H,15,16). The zero-order valence-electron chi connectivity index (χ0n) is 9.64. The molecular formula is C12H17BrN2O. The van der Waals surface area contributed by atoms with Crippen LogP contribution in [-0.4, -0.2) is 19.5 Å². The van der Waals surface area contributed by atoms with Crippen molar-refractivity contribution < 1.29 is 4.79 Å². The fraction of sp³-hybridized carbons (Fsp3) is 0.417. The van der Waals surface area contributed by atoms with E-state index in [9.17, 15) is 4.79 Å². The first-order valence-electron chi connectivity index (χ1n) is 5.34. The summed E-state index contributed by atoms with van der Waals surface area (Å²) in [4.78, 5) is 11.1. The molecule has 0 spiro atoms. The highest BCUT2D eigenvalue weighted by Gasteiger charge is 2.07. The van der Waals surface area contributed by atoms with Gasteiger partial charge >= 0.3 is 0 Å². The molecular weight excluding hydrogens is 268 g/mol. The van der Waals surface area contributed by atoms with E-state index in [0.29, 0.717) is 0 Å². The van der Waals surface area contributed by atoms with Gasteiger partial charge in [-0.3, -0.25) is 4.79 Å². The third-order valence-corrected chi connectivity index (χ3v) is 2.93. The van der Waals surface area contributed by atoms with Crippen molar-refractivity contribution >= 4 is 27.5 Å². The second-order valence-electron chi connectivity index (χ2n) is 3.66. The Morgan fingerprint density at radius 2 is 2.19 bits per heavy atom. The molecule has 1 aromatic carbocycles. The molecule has 0 bridgehead atoms. The van der Waals surface area contributed by atoms with Crippen LogP contribution in [0.4, 0.5) is 5.69 Å². The van der Waals surface area contributed by atoms with Crippen molar-refractivity contribution in [3.05, 3.63) is 28.2 Å². The number of amides is 1. The third kappa shape index (κ3) is 3.94. The number of anilines is 1. The van der Waals surface area contributed by atoms with Crippen molar-refractivity contribution in [1.82, 2.24) is 5.32 Å². The van der Waals surface area contributed by atoms with Crippen LogP contribution in [0, 0.1) is 0 Å². The highest BCUT2D eigenvalue weighted by Crippen LogP contribution is 2.27. The summed E-state index contributed by atoms with van der Waals surface area (Å²) >= 11 is 3.45. The van der Waals surface area contributed by atoms with E-state index in [1.807, 2.05) is 25.2 Å². The first-order chi connectivity index (χ1) is 7.65. The summed E-state index contributed by atoms with van der Waals surface area (Å²) in [5.74, 6) is -0.0400. The molecule has 1 aromatic rings. The van der Waals surface area contributed by atoms with Crippen LogP contribution >= 0.6 is 15.9 Å². The van der Waals surface area contributed by atoms with Crippen molar-refractivity contribution in [2.75, 3.05) is 18.9 Å². The maximum absolute atomic E-state index is 11.1. The molecule has 2 N–H and O–H groups in total. The Morgan fingerprint density at radius 1 is 1.44 bits per heavy atom. The predicted molar refractivity (Wildman–Crippen MR) is 70.7 cm³/mol. The quantitative estimate of drug-likeness (QED) is 0.816. The van der Waals surface area contributed by atoms with Crippen molar-refractivity contribution in [2.24, 2.45) is 0 Å². The fourth-order valence-electron chi connectivity index (χ4n) is 1.55. The molecule has 16 heavy (non-hydrogen) atoms. The zero-order valence-corrected chi connectivity index (χ0v) is 11.2. The van der Waals surface area contributed by atoms with Crippen molar-refractivity contribution in [3.63, 3.8) is 0 Å². The molecule has 0 fully saturated rings. The van der Waals surface area contributed by atoms with Crippen LogP contribution in [0.3, 0.4) is 0 Å². The molecule has 0 aliphatic rings. The number of carbonyl (C=O) groups is 1. The molecule has 1 rings (SSSR count). The summed E-state index contributed by atoms with van der Waals surface area (Å²) in [5.41, 5.74) is 2.06. The van der Waals surface area contributed by atoms with Crippen molar-refractivity contribution in [3.8, 4) is 0 Å². The lowest BCUT2D eigenvalue weighted by atomic mass is 10.1. The molecule has 0 heterocycles. The molecule has 0 atom stereocenters. The molecule has 0 saturated carbocycles. The summed E-state index contributed by atoms with van der Waals surface area (Å²) in [6.07, 6.45) is 2.01. The Labute approximate surface area is 105 Å². The maximum Gasteiger partial charge on any atom is 0.221 e. The Morgan fingerprint density at radius 3 is 2.81 bits per heavy atom. The molecule has 0 radical (unpaired) electrons. The van der Waals surface area contributed by atoms with E-state index in [4.69, 9.17) is 0 Å². The molecule has 0 unspecified atom stereocenters. The maximum atomic E-state index is 11.1. The molecule has 0 aliphatic carbocycles. The number of halogens is 1. The summed E-state index contributed by atoms with van der Waals surface area (Å²) in [5, 5.41) is 5.98. The van der Waals surface area contributed by atoms with Gasteiger partial charge in [0.1, 0.15) is 0 Å². The normalized spacial score (nSPS) is 10.2. The first-order valence-corrected chi connectivity index (χ1v) is 6.14. The molecule has 3 nitrogen and oxygen atoms in total. The van der Waals surface area contributed by atoms with Gasteiger partial charge in [-0.05, 0) is 54.0 Å². The first kappa shape index (κ1) is 13.2. The number of rotatable bonds is 5. The number of aryl methyl sites for hydroxylation is 1. The van der Waals surface area contributed by atoms with Gasteiger partial charge in [0, 0.05) is 11.4 Å². The summed E-state index contributed by atoms with van der Waals surface area (Å²) < 4.78 is 0.935. The highest BCUT2D eigenvalue weighted by molar-refractivity contribution is 9.10. The lowest BCUT2D eigenvalue weighted by Gasteiger charge is -2.11. The molecule has 0 saturated heterocycles. The van der Waals surface area contributed by atoms with Gasteiger partial charge in [-0.25, -0.2) is 0 Å². The number of benzene rings is 1. The van der Waals surface area contributed by atoms with Crippen molar-refractivity contribution in [2.45, 2.75) is 19.8 Å². The van der Waals surface area contributed by atoms with Gasteiger partial charge in [-0.15, -0.1) is 0 Å². The second kappa shape index (κ2) is 6.66. The summed E-state index contributed by atoms with van der Waals surface area (Å²) in [6.45, 7) is 2.50. The Balaban J connectivity index is 2.80. The van der Waals surface area contributed by atoms with Crippen LogP contribution in [0.2, 0.25) is 0 Å². The van der Waals surface area contributed by atoms with Crippen LogP contribution in [0.15, 0.2) is 22.7 Å². The van der Waals surface area contributed by atoms with E-state index in [2.05, 4.69) is 26.6 Å². The lowest BCUT2D eigenvalue weighted by molar-refractivity contribution is -0.114. The van der Waals surface area contributed by atoms with Gasteiger partial charge < -0.3 is 10.6 Å². The Hall–Kier alpha value is -0.870. The molecule has 88 valence electrons. The number of hydrogen-bond acceptors (Lipinski definition) is 2. The van der Waals surface area contributed by atoms with Gasteiger partial charge in [0.2, 0.25) is 5.91 Å². The fourth-order valence-corrected chi connectivity index (χ4v) is 2.06. The number of para-hydroxylation sites is 1. The average Bonchev–Trinajstić information content (AvgIpc) is 2.23. The van der Waals surface area contributed by atoms with Gasteiger partial charge in [-0.2, -0.15) is 0 Å². The minimum atomic E-state index is -0.0400. The Kier molecular flexibility index (Phi) is 5.49. The second-order valence-corrected chi connectivity index (χ2v) is 4.52. The minimum absolute atomic E-state index is 0.0400. The molecule has 0 aromatic heterocycles. The average molecular weight is 285 g/mol. The van der Waals surface area contributed by atoms with E-state index >= 15 is 0 Å². The van der Waals surface area contributed by atoms with E-state index in [-0.39, 0.29) is 5.91 Å². The third-order valence-electron chi connectivity index (χ3n) is 2.27. The topological polar surface area (TPSA) is 41.1 Å². The predicted octanol–water partition coefficient (Wildman–Crippen LogP) is 2.56. The van der Waals surface area contributed by atoms with E-state index in [1.165, 1.54) is 12.5 Å². The van der Waals surface area contributed by atoms with E-state index < -0.39 is 0 Å². The zero-order chi connectivity index (χ0) is 12.0. The van der Waals surface area contributed by atoms with Gasteiger partial charge in [-0.1, -0.05) is 12.1 Å². The van der Waals surface area contributed by atoms with Gasteiger partial charge in [0.15, 0.2) is 0 Å². The van der Waals surface area contributed by atoms with Crippen LogP contribution in [-0.2, 0) is 11.2 Å². The number of carbonyl (C=O) groups excluding carboxylic acids is 1. The molecule has 4 heteroatoms. The van der Waals surface area contributed by atoms with E-state index in [0.717, 1.165) is 29.5 Å². The minimum Gasteiger partial charge on any atom is -0.325 e.